The number of hydrogen-bond acceptors (Lipinski definition) is 5. The van der Waals surface area contributed by atoms with E-state index >= 15 is 0 Å². The quantitative estimate of drug-likeness (QED) is 0.782. The van der Waals surface area contributed by atoms with E-state index in [1.165, 1.54) is 54.0 Å². The fourth-order valence-electron chi connectivity index (χ4n) is 2.15. The van der Waals surface area contributed by atoms with Gasteiger partial charge in [-0.05, 0) is 60.5 Å². The van der Waals surface area contributed by atoms with Crippen LogP contribution in [0.2, 0.25) is 0 Å². The Morgan fingerprint density at radius 2 is 2.21 bits per heavy atom. The molecule has 0 aliphatic heterocycles. The predicted molar refractivity (Wildman–Crippen MR) is 92.1 cm³/mol. The van der Waals surface area contributed by atoms with Crippen LogP contribution in [0.15, 0.2) is 44.8 Å². The Balaban J connectivity index is 2.47. The Morgan fingerprint density at radius 1 is 1.46 bits per heavy atom. The van der Waals surface area contributed by atoms with E-state index in [2.05, 4.69) is 0 Å². The number of benzene rings is 1. The summed E-state index contributed by atoms with van der Waals surface area (Å²) >= 11 is 1.23. The molecule has 1 N–H and O–H groups in total. The van der Waals surface area contributed by atoms with E-state index in [4.69, 9.17) is 0 Å². The average Bonchev–Trinajstić information content (AvgIpc) is 3.06. The molecule has 0 aliphatic carbocycles. The van der Waals surface area contributed by atoms with Gasteiger partial charge in [0.2, 0.25) is 9.84 Å². The van der Waals surface area contributed by atoms with Crippen LogP contribution in [0.4, 0.5) is 4.39 Å². The third-order valence-corrected chi connectivity index (χ3v) is 5.92. The summed E-state index contributed by atoms with van der Waals surface area (Å²) in [5.74, 6) is 0.00728. The van der Waals surface area contributed by atoms with E-state index in [9.17, 15) is 23.2 Å². The van der Waals surface area contributed by atoms with Crippen molar-refractivity contribution in [2.75, 3.05) is 0 Å². The number of sulfone groups is 1. The van der Waals surface area contributed by atoms with Gasteiger partial charge >= 0.3 is 0 Å². The molecule has 0 saturated heterocycles. The molecule has 24 heavy (non-hydrogen) atoms. The number of phenols is 1. The van der Waals surface area contributed by atoms with Gasteiger partial charge in [0.05, 0.1) is 11.1 Å². The van der Waals surface area contributed by atoms with Crippen molar-refractivity contribution < 1.29 is 17.9 Å². The van der Waals surface area contributed by atoms with E-state index in [0.717, 1.165) is 0 Å². The Bertz CT molecular complexity index is 879. The van der Waals surface area contributed by atoms with E-state index in [1.54, 1.807) is 11.4 Å². The number of halogens is 1. The lowest BCUT2D eigenvalue weighted by Crippen LogP contribution is -2.03. The summed E-state index contributed by atoms with van der Waals surface area (Å²) in [6, 6.07) is 7.55. The van der Waals surface area contributed by atoms with Gasteiger partial charge in [-0.25, -0.2) is 12.8 Å². The molecule has 0 bridgehead atoms. The molecule has 4 nitrogen and oxygen atoms in total. The minimum absolute atomic E-state index is 0.00728. The number of rotatable bonds is 6. The van der Waals surface area contributed by atoms with Gasteiger partial charge in [-0.1, -0.05) is 6.07 Å². The maximum absolute atomic E-state index is 13.1. The van der Waals surface area contributed by atoms with Crippen LogP contribution in [0, 0.1) is 11.3 Å². The van der Waals surface area contributed by atoms with Crippen LogP contribution in [-0.4, -0.2) is 19.7 Å². The Labute approximate surface area is 144 Å². The van der Waals surface area contributed by atoms with Gasteiger partial charge in [0.25, 0.3) is 0 Å². The zero-order chi connectivity index (χ0) is 17.7. The van der Waals surface area contributed by atoms with Crippen molar-refractivity contribution >= 4 is 27.3 Å². The van der Waals surface area contributed by atoms with Gasteiger partial charge in [0, 0.05) is 5.38 Å². The van der Waals surface area contributed by atoms with E-state index in [-0.39, 0.29) is 22.0 Å². The molecule has 0 radical (unpaired) electrons. The maximum Gasteiger partial charge on any atom is 0.217 e. The number of hydrogen-bond donors (Lipinski definition) is 1. The Hall–Kier alpha value is -2.17. The first kappa shape index (κ1) is 18.2. The lowest BCUT2D eigenvalue weighted by molar-refractivity contribution is 0.341. The van der Waals surface area contributed by atoms with Crippen LogP contribution >= 0.6 is 11.3 Å². The molecule has 0 fully saturated rings. The maximum atomic E-state index is 13.1. The molecule has 1 heterocycles. The highest BCUT2D eigenvalue weighted by Gasteiger charge is 2.21. The summed E-state index contributed by atoms with van der Waals surface area (Å²) in [5.41, 5.74) is 1.07. The number of aromatic hydroxyl groups is 1. The van der Waals surface area contributed by atoms with Crippen LogP contribution in [0.1, 0.15) is 24.5 Å². The minimum atomic E-state index is -3.89. The topological polar surface area (TPSA) is 78.2 Å². The van der Waals surface area contributed by atoms with Crippen molar-refractivity contribution in [2.45, 2.75) is 30.8 Å². The molecule has 0 spiro atoms. The lowest BCUT2D eigenvalue weighted by atomic mass is 10.0. The highest BCUT2D eigenvalue weighted by atomic mass is 32.2. The van der Waals surface area contributed by atoms with Gasteiger partial charge in [-0.15, -0.1) is 0 Å². The molecule has 126 valence electrons. The molecule has 0 aliphatic rings. The summed E-state index contributed by atoms with van der Waals surface area (Å²) in [4.78, 5) is -0.320. The Morgan fingerprint density at radius 3 is 2.79 bits per heavy atom. The van der Waals surface area contributed by atoms with Crippen molar-refractivity contribution in [1.29, 1.82) is 5.26 Å². The molecule has 0 saturated carbocycles. The van der Waals surface area contributed by atoms with Gasteiger partial charge in [-0.3, -0.25) is 0 Å². The largest absolute Gasteiger partial charge is 0.508 e. The monoisotopic (exact) mass is 365 g/mol. The molecular weight excluding hydrogens is 349 g/mol. The van der Waals surface area contributed by atoms with Gasteiger partial charge in [-0.2, -0.15) is 16.6 Å². The highest BCUT2D eigenvalue weighted by molar-refractivity contribution is 7.95. The molecule has 1 aromatic heterocycles. The second-order valence-electron chi connectivity index (χ2n) is 5.29. The smallest absolute Gasteiger partial charge is 0.217 e. The molecule has 1 aromatic carbocycles. The third-order valence-electron chi connectivity index (χ3n) is 3.43. The fourth-order valence-corrected chi connectivity index (χ4v) is 4.33. The average molecular weight is 365 g/mol. The summed E-state index contributed by atoms with van der Waals surface area (Å²) in [6.45, 7) is 1.43. The van der Waals surface area contributed by atoms with Crippen LogP contribution in [0.3, 0.4) is 0 Å². The van der Waals surface area contributed by atoms with E-state index in [0.29, 0.717) is 17.5 Å². The van der Waals surface area contributed by atoms with Gasteiger partial charge < -0.3 is 5.11 Å². The second kappa shape index (κ2) is 7.60. The van der Waals surface area contributed by atoms with Crippen molar-refractivity contribution in [2.24, 2.45) is 0 Å². The Kier molecular flexibility index (Phi) is 5.75. The van der Waals surface area contributed by atoms with Crippen LogP contribution < -0.4 is 0 Å². The molecule has 7 heteroatoms. The van der Waals surface area contributed by atoms with Crippen molar-refractivity contribution in [3.63, 3.8) is 0 Å². The van der Waals surface area contributed by atoms with E-state index in [1.807, 2.05) is 0 Å². The number of alkyl halides is 1. The van der Waals surface area contributed by atoms with Crippen LogP contribution in [0.25, 0.3) is 6.08 Å². The van der Waals surface area contributed by atoms with E-state index < -0.39 is 16.0 Å². The number of phenolic OH excluding ortho intramolecular Hbond substituents is 1. The lowest BCUT2D eigenvalue weighted by Gasteiger charge is -2.09. The summed E-state index contributed by atoms with van der Waals surface area (Å²) in [5, 5.41) is 22.0. The first-order valence-electron chi connectivity index (χ1n) is 7.19. The number of allylic oxidation sites excluding steroid dienone is 1. The number of aryl methyl sites for hydroxylation is 1. The van der Waals surface area contributed by atoms with Crippen LogP contribution in [-0.2, 0) is 16.3 Å². The number of thiophene rings is 1. The van der Waals surface area contributed by atoms with Gasteiger partial charge in [0.15, 0.2) is 0 Å². The SMILES string of the molecule is CC(F)CCc1cc(O)ccc1C=C(C#N)S(=O)(=O)c1ccsc1. The summed E-state index contributed by atoms with van der Waals surface area (Å²) < 4.78 is 38.1. The normalized spacial score (nSPS) is 13.5. The predicted octanol–water partition coefficient (Wildman–Crippen LogP) is 4.08. The van der Waals surface area contributed by atoms with Gasteiger partial charge in [0.1, 0.15) is 16.7 Å². The summed E-state index contributed by atoms with van der Waals surface area (Å²) in [7, 11) is -3.89. The molecule has 1 atom stereocenters. The summed E-state index contributed by atoms with van der Waals surface area (Å²) in [6.07, 6.45) is 0.817. The minimum Gasteiger partial charge on any atom is -0.508 e. The van der Waals surface area contributed by atoms with Crippen molar-refractivity contribution in [1.82, 2.24) is 0 Å². The molecular formula is C17H16FNO3S2. The standard InChI is InChI=1S/C17H16FNO3S2/c1-12(18)2-3-13-8-15(20)5-4-14(13)9-17(10-19)24(21,22)16-6-7-23-11-16/h4-9,11-12,20H,2-3H2,1H3. The number of nitrogens with zero attached hydrogens (tertiary/aromatic N) is 1. The second-order valence-corrected chi connectivity index (χ2v) is 7.98. The highest BCUT2D eigenvalue weighted by Crippen LogP contribution is 2.26. The zero-order valence-electron chi connectivity index (χ0n) is 12.9. The first-order chi connectivity index (χ1) is 11.3. The zero-order valence-corrected chi connectivity index (χ0v) is 14.6. The van der Waals surface area contributed by atoms with Crippen LogP contribution in [0.5, 0.6) is 5.75 Å². The first-order valence-corrected chi connectivity index (χ1v) is 9.62. The molecule has 2 aromatic rings. The third kappa shape index (κ3) is 4.22. The molecule has 0 amide bonds. The number of nitriles is 1. The van der Waals surface area contributed by atoms with Crippen molar-refractivity contribution in [3.05, 3.63) is 51.1 Å². The fraction of sp³-hybridized carbons (Fsp3) is 0.235. The van der Waals surface area contributed by atoms with Crippen molar-refractivity contribution in [3.8, 4) is 11.8 Å². The molecule has 2 rings (SSSR count). The molecule has 1 unspecified atom stereocenters.